The minimum Gasteiger partial charge on any atom is -0.478 e. The quantitative estimate of drug-likeness (QED) is 0.206. The molecular weight excluding hydrogens is 641 g/mol. The Hall–Kier alpha value is -4.32. The fourth-order valence-electron chi connectivity index (χ4n) is 7.16. The van der Waals surface area contributed by atoms with E-state index in [0.717, 1.165) is 55.6 Å². The van der Waals surface area contributed by atoms with Crippen molar-refractivity contribution in [1.82, 2.24) is 29.0 Å². The lowest BCUT2D eigenvalue weighted by Crippen LogP contribution is -2.64. The van der Waals surface area contributed by atoms with Crippen LogP contribution in [0.5, 0.6) is 11.5 Å². The maximum atomic E-state index is 11.9. The van der Waals surface area contributed by atoms with Crippen molar-refractivity contribution in [3.05, 3.63) is 94.0 Å². The summed E-state index contributed by atoms with van der Waals surface area (Å²) in [6.45, 7) is 7.38. The van der Waals surface area contributed by atoms with Gasteiger partial charge < -0.3 is 28.6 Å². The van der Waals surface area contributed by atoms with Crippen molar-refractivity contribution < 1.29 is 19.4 Å². The van der Waals surface area contributed by atoms with E-state index in [2.05, 4.69) is 41.9 Å². The van der Waals surface area contributed by atoms with Crippen LogP contribution in [-0.2, 0) is 25.4 Å². The molecule has 0 unspecified atom stereocenters. The topological polar surface area (TPSA) is 111 Å². The molecule has 1 saturated heterocycles. The lowest BCUT2D eigenvalue weighted by molar-refractivity contribution is -0.0717. The van der Waals surface area contributed by atoms with E-state index in [1.807, 2.05) is 31.3 Å². The number of aromatic carboxylic acids is 1. The highest BCUT2D eigenvalue weighted by atomic mass is 35.5. The highest BCUT2D eigenvalue weighted by Gasteiger charge is 2.47. The van der Waals surface area contributed by atoms with Gasteiger partial charge in [0.2, 0.25) is 0 Å². The standard InChI is InChI=1S/C34H33Cl2N7O4/c1-3-40-12-11-37-29(40)19-43-26-16-20(33(44)45)15-22(36)31(26)39-30(43)18-41-13-14-42(24-9-8-23(24)41)25-5-4-6-27-32(25)47-34(2,46-27)28-10-7-21(35)17-38-28/h4-7,10-12,15-17,23-24H,3,8-9,13-14,18-19H2,1-2H3,(H,44,45)/t23-,24+,34+/m1/s1. The fraction of sp³-hybridized carbons (Fsp3) is 0.353. The molecule has 1 N–H and O–H groups in total. The smallest absolute Gasteiger partial charge is 0.335 e. The summed E-state index contributed by atoms with van der Waals surface area (Å²) in [5.41, 5.74) is 3.08. The van der Waals surface area contributed by atoms with E-state index in [9.17, 15) is 9.90 Å². The first-order valence-electron chi connectivity index (χ1n) is 15.8. The molecule has 2 fully saturated rings. The second-order valence-electron chi connectivity index (χ2n) is 12.4. The predicted molar refractivity (Wildman–Crippen MR) is 178 cm³/mol. The number of nitrogens with zero attached hydrogens (tertiary/aromatic N) is 7. The van der Waals surface area contributed by atoms with Crippen molar-refractivity contribution in [3.8, 4) is 11.5 Å². The van der Waals surface area contributed by atoms with Crippen LogP contribution in [0.25, 0.3) is 11.0 Å². The molecule has 242 valence electrons. The number of carboxylic acids is 1. The summed E-state index contributed by atoms with van der Waals surface area (Å²) in [7, 11) is 0. The highest BCUT2D eigenvalue weighted by molar-refractivity contribution is 6.35. The first-order chi connectivity index (χ1) is 22.7. The van der Waals surface area contributed by atoms with Crippen LogP contribution < -0.4 is 14.4 Å². The number of aryl methyl sites for hydroxylation is 1. The number of pyridine rings is 1. The van der Waals surface area contributed by atoms with Gasteiger partial charge >= 0.3 is 5.97 Å². The molecule has 0 radical (unpaired) electrons. The van der Waals surface area contributed by atoms with E-state index in [0.29, 0.717) is 57.7 Å². The zero-order chi connectivity index (χ0) is 32.4. The molecule has 2 aliphatic heterocycles. The van der Waals surface area contributed by atoms with Crippen LogP contribution >= 0.6 is 23.2 Å². The van der Waals surface area contributed by atoms with E-state index < -0.39 is 11.8 Å². The van der Waals surface area contributed by atoms with E-state index >= 15 is 0 Å². The minimum atomic E-state index is -1.06. The van der Waals surface area contributed by atoms with E-state index in [-0.39, 0.29) is 5.56 Å². The van der Waals surface area contributed by atoms with Crippen LogP contribution in [-0.4, -0.2) is 65.2 Å². The number of hydrogen-bond acceptors (Lipinski definition) is 8. The summed E-state index contributed by atoms with van der Waals surface area (Å²) in [4.78, 5) is 30.9. The number of rotatable bonds is 8. The molecule has 5 heterocycles. The fourth-order valence-corrected chi connectivity index (χ4v) is 7.53. The number of imidazole rings is 2. The number of aromatic nitrogens is 5. The Balaban J connectivity index is 1.08. The molecule has 5 aromatic rings. The average molecular weight is 675 g/mol. The Morgan fingerprint density at radius 2 is 1.89 bits per heavy atom. The van der Waals surface area contributed by atoms with Gasteiger partial charge in [0, 0.05) is 57.2 Å². The Morgan fingerprint density at radius 1 is 1.04 bits per heavy atom. The number of para-hydroxylation sites is 1. The Labute approximate surface area is 281 Å². The zero-order valence-electron chi connectivity index (χ0n) is 25.9. The van der Waals surface area contributed by atoms with Crippen molar-refractivity contribution in [2.75, 3.05) is 18.0 Å². The number of halogens is 2. The van der Waals surface area contributed by atoms with E-state index in [4.69, 9.17) is 37.7 Å². The molecule has 0 bridgehead atoms. The maximum Gasteiger partial charge on any atom is 0.335 e. The number of carbonyl (C=O) groups is 1. The first kappa shape index (κ1) is 30.0. The number of fused-ring (bicyclic) bond motifs is 3. The van der Waals surface area contributed by atoms with Crippen LogP contribution in [0.3, 0.4) is 0 Å². The summed E-state index contributed by atoms with van der Waals surface area (Å²) >= 11 is 12.7. The normalized spacial score (nSPS) is 22.0. The molecule has 13 heteroatoms. The lowest BCUT2D eigenvalue weighted by atomic mass is 9.81. The summed E-state index contributed by atoms with van der Waals surface area (Å²) in [6, 6.07) is 13.4. The van der Waals surface area contributed by atoms with Crippen molar-refractivity contribution in [3.63, 3.8) is 0 Å². The average Bonchev–Trinajstić information content (AvgIpc) is 3.74. The van der Waals surface area contributed by atoms with Crippen molar-refractivity contribution in [1.29, 1.82) is 0 Å². The largest absolute Gasteiger partial charge is 0.478 e. The Kier molecular flexibility index (Phi) is 7.31. The number of benzene rings is 2. The van der Waals surface area contributed by atoms with Gasteiger partial charge in [0.1, 0.15) is 22.9 Å². The number of carboxylic acid groups (broad SMARTS) is 1. The van der Waals surface area contributed by atoms with Gasteiger partial charge in [0.25, 0.3) is 5.79 Å². The molecule has 0 amide bonds. The second kappa shape index (κ2) is 11.4. The first-order valence-corrected chi connectivity index (χ1v) is 16.5. The van der Waals surface area contributed by atoms with Gasteiger partial charge in [-0.3, -0.25) is 9.88 Å². The van der Waals surface area contributed by atoms with E-state index in [1.165, 1.54) is 6.07 Å². The third kappa shape index (κ3) is 5.08. The summed E-state index contributed by atoms with van der Waals surface area (Å²) in [6.07, 6.45) is 7.45. The molecule has 2 aromatic carbocycles. The summed E-state index contributed by atoms with van der Waals surface area (Å²) in [5, 5.41) is 10.6. The molecular formula is C34H33Cl2N7O4. The monoisotopic (exact) mass is 673 g/mol. The summed E-state index contributed by atoms with van der Waals surface area (Å²) in [5.74, 6) is 1.03. The van der Waals surface area contributed by atoms with Crippen LogP contribution in [0.15, 0.2) is 61.1 Å². The van der Waals surface area contributed by atoms with Crippen LogP contribution in [0.4, 0.5) is 5.69 Å². The van der Waals surface area contributed by atoms with Gasteiger partial charge in [-0.25, -0.2) is 14.8 Å². The van der Waals surface area contributed by atoms with Crippen LogP contribution in [0.2, 0.25) is 10.0 Å². The molecule has 3 aromatic heterocycles. The SMILES string of the molecule is CCn1ccnc1Cn1c(CN2CCN(c3cccc4c3O[C@@](C)(c3ccc(Cl)cn3)O4)[C@H]3CC[C@H]32)nc2c(Cl)cc(C(=O)O)cc21. The van der Waals surface area contributed by atoms with Gasteiger partial charge in [0.15, 0.2) is 11.5 Å². The number of ether oxygens (including phenoxy) is 2. The molecule has 11 nitrogen and oxygen atoms in total. The molecule has 47 heavy (non-hydrogen) atoms. The van der Waals surface area contributed by atoms with Crippen molar-refractivity contribution in [2.24, 2.45) is 0 Å². The van der Waals surface area contributed by atoms with Gasteiger partial charge in [0.05, 0.1) is 39.9 Å². The second-order valence-corrected chi connectivity index (χ2v) is 13.2. The molecule has 8 rings (SSSR count). The highest BCUT2D eigenvalue weighted by Crippen LogP contribution is 2.51. The van der Waals surface area contributed by atoms with Gasteiger partial charge in [-0.1, -0.05) is 29.3 Å². The van der Waals surface area contributed by atoms with Gasteiger partial charge in [-0.05, 0) is 56.2 Å². The van der Waals surface area contributed by atoms with Crippen LogP contribution in [0, 0.1) is 0 Å². The molecule has 1 aliphatic carbocycles. The lowest BCUT2D eigenvalue weighted by Gasteiger charge is -2.54. The van der Waals surface area contributed by atoms with E-state index in [1.54, 1.807) is 24.5 Å². The van der Waals surface area contributed by atoms with Crippen molar-refractivity contribution in [2.45, 2.75) is 64.2 Å². The number of anilines is 1. The zero-order valence-corrected chi connectivity index (χ0v) is 27.4. The molecule has 3 atom stereocenters. The molecule has 0 spiro atoms. The number of hydrogen-bond donors (Lipinski definition) is 1. The molecule has 3 aliphatic rings. The van der Waals surface area contributed by atoms with Gasteiger partial charge in [-0.2, -0.15) is 0 Å². The number of piperazine rings is 1. The predicted octanol–water partition coefficient (Wildman–Crippen LogP) is 6.20. The Morgan fingerprint density at radius 3 is 2.64 bits per heavy atom. The molecule has 1 saturated carbocycles. The van der Waals surface area contributed by atoms with Gasteiger partial charge in [-0.15, -0.1) is 0 Å². The van der Waals surface area contributed by atoms with Crippen LogP contribution in [0.1, 0.15) is 54.4 Å². The third-order valence-corrected chi connectivity index (χ3v) is 10.2. The maximum absolute atomic E-state index is 11.9. The minimum absolute atomic E-state index is 0.131. The Bertz CT molecular complexity index is 2010. The third-order valence-electron chi connectivity index (χ3n) is 9.68. The van der Waals surface area contributed by atoms with Crippen molar-refractivity contribution >= 4 is 45.9 Å². The summed E-state index contributed by atoms with van der Waals surface area (Å²) < 4.78 is 17.0.